The number of halogens is 1. The van der Waals surface area contributed by atoms with Crippen LogP contribution in [0.25, 0.3) is 0 Å². The summed E-state index contributed by atoms with van der Waals surface area (Å²) in [6.45, 7) is 5.68. The summed E-state index contributed by atoms with van der Waals surface area (Å²) in [5.41, 5.74) is 4.99. The Balaban J connectivity index is 2.49. The maximum absolute atomic E-state index is 5.18. The van der Waals surface area contributed by atoms with Crippen LogP contribution in [-0.2, 0) is 11.3 Å². The Morgan fingerprint density at radius 1 is 1.33 bits per heavy atom. The SMILES string of the molecule is CNC(c1c(C)cccc1C)c1c(Br)cnn1CCOC. The molecule has 1 aromatic carbocycles. The summed E-state index contributed by atoms with van der Waals surface area (Å²) in [7, 11) is 3.69. The molecule has 0 bridgehead atoms. The Morgan fingerprint density at radius 2 is 2.00 bits per heavy atom. The summed E-state index contributed by atoms with van der Waals surface area (Å²) in [5.74, 6) is 0. The molecule has 0 aliphatic rings. The molecule has 2 rings (SSSR count). The average molecular weight is 352 g/mol. The number of aryl methyl sites for hydroxylation is 2. The predicted molar refractivity (Wildman–Crippen MR) is 88.6 cm³/mol. The number of hydrogen-bond acceptors (Lipinski definition) is 3. The molecule has 0 aliphatic heterocycles. The molecule has 0 amide bonds. The molecule has 0 saturated carbocycles. The van der Waals surface area contributed by atoms with Crippen LogP contribution in [-0.4, -0.2) is 30.5 Å². The third-order valence-corrected chi connectivity index (χ3v) is 4.34. The molecule has 21 heavy (non-hydrogen) atoms. The van der Waals surface area contributed by atoms with Gasteiger partial charge in [-0.25, -0.2) is 0 Å². The van der Waals surface area contributed by atoms with E-state index >= 15 is 0 Å². The van der Waals surface area contributed by atoms with Gasteiger partial charge in [-0.05, 0) is 53.5 Å². The predicted octanol–water partition coefficient (Wildman–Crippen LogP) is 3.22. The molecule has 1 atom stereocenters. The summed E-state index contributed by atoms with van der Waals surface area (Å²) in [4.78, 5) is 0. The number of nitrogens with zero attached hydrogens (tertiary/aromatic N) is 2. The van der Waals surface area contributed by atoms with E-state index in [2.05, 4.69) is 58.4 Å². The third-order valence-electron chi connectivity index (χ3n) is 3.73. The molecule has 5 heteroatoms. The standard InChI is InChI=1S/C16H22BrN3O/c1-11-6-5-7-12(2)14(11)15(18-3)16-13(17)10-19-20(16)8-9-21-4/h5-7,10,15,18H,8-9H2,1-4H3. The molecule has 114 valence electrons. The second-order valence-electron chi connectivity index (χ2n) is 5.12. The molecule has 4 nitrogen and oxygen atoms in total. The Kier molecular flexibility index (Phi) is 5.56. The van der Waals surface area contributed by atoms with Crippen LogP contribution in [0.5, 0.6) is 0 Å². The average Bonchev–Trinajstić information content (AvgIpc) is 2.82. The Morgan fingerprint density at radius 3 is 2.57 bits per heavy atom. The van der Waals surface area contributed by atoms with Gasteiger partial charge < -0.3 is 10.1 Å². The highest BCUT2D eigenvalue weighted by Crippen LogP contribution is 2.32. The molecular formula is C16H22BrN3O. The van der Waals surface area contributed by atoms with Gasteiger partial charge in [-0.1, -0.05) is 18.2 Å². The topological polar surface area (TPSA) is 39.1 Å². The number of ether oxygens (including phenoxy) is 1. The highest BCUT2D eigenvalue weighted by Gasteiger charge is 2.23. The molecule has 0 saturated heterocycles. The molecule has 1 unspecified atom stereocenters. The van der Waals surface area contributed by atoms with Crippen molar-refractivity contribution in [3.8, 4) is 0 Å². The van der Waals surface area contributed by atoms with Crippen molar-refractivity contribution in [3.63, 3.8) is 0 Å². The number of benzene rings is 1. The van der Waals surface area contributed by atoms with Gasteiger partial charge in [0.05, 0.1) is 35.6 Å². The molecule has 0 fully saturated rings. The molecule has 1 aromatic heterocycles. The molecule has 0 spiro atoms. The van der Waals surface area contributed by atoms with E-state index < -0.39 is 0 Å². The zero-order valence-electron chi connectivity index (χ0n) is 13.0. The van der Waals surface area contributed by atoms with Gasteiger partial charge in [0.2, 0.25) is 0 Å². The van der Waals surface area contributed by atoms with E-state index in [4.69, 9.17) is 4.74 Å². The largest absolute Gasteiger partial charge is 0.383 e. The first-order valence-corrected chi connectivity index (χ1v) is 7.83. The van der Waals surface area contributed by atoms with Crippen LogP contribution in [0, 0.1) is 13.8 Å². The Bertz CT molecular complexity index is 589. The fraction of sp³-hybridized carbons (Fsp3) is 0.438. The van der Waals surface area contributed by atoms with E-state index in [1.54, 1.807) is 7.11 Å². The van der Waals surface area contributed by atoms with Crippen LogP contribution >= 0.6 is 15.9 Å². The van der Waals surface area contributed by atoms with Crippen molar-refractivity contribution in [1.82, 2.24) is 15.1 Å². The number of aromatic nitrogens is 2. The van der Waals surface area contributed by atoms with Gasteiger partial charge in [0.1, 0.15) is 0 Å². The van der Waals surface area contributed by atoms with E-state index in [1.165, 1.54) is 16.7 Å². The summed E-state index contributed by atoms with van der Waals surface area (Å²) in [6.07, 6.45) is 1.85. The van der Waals surface area contributed by atoms with Crippen molar-refractivity contribution < 1.29 is 4.74 Å². The van der Waals surface area contributed by atoms with Crippen LogP contribution in [0.4, 0.5) is 0 Å². The Labute approximate surface area is 134 Å². The van der Waals surface area contributed by atoms with Gasteiger partial charge in [-0.2, -0.15) is 5.10 Å². The summed E-state index contributed by atoms with van der Waals surface area (Å²) >= 11 is 3.63. The smallest absolute Gasteiger partial charge is 0.0762 e. The van der Waals surface area contributed by atoms with Gasteiger partial charge in [0.15, 0.2) is 0 Å². The lowest BCUT2D eigenvalue weighted by molar-refractivity contribution is 0.182. The monoisotopic (exact) mass is 351 g/mol. The van der Waals surface area contributed by atoms with Crippen LogP contribution < -0.4 is 5.32 Å². The van der Waals surface area contributed by atoms with Crippen LogP contribution in [0.2, 0.25) is 0 Å². The maximum atomic E-state index is 5.18. The maximum Gasteiger partial charge on any atom is 0.0762 e. The summed E-state index contributed by atoms with van der Waals surface area (Å²) in [5, 5.41) is 7.89. The van der Waals surface area contributed by atoms with Gasteiger partial charge in [0.25, 0.3) is 0 Å². The van der Waals surface area contributed by atoms with Crippen molar-refractivity contribution in [2.45, 2.75) is 26.4 Å². The molecular weight excluding hydrogens is 330 g/mol. The lowest BCUT2D eigenvalue weighted by atomic mass is 9.94. The van der Waals surface area contributed by atoms with E-state index in [0.29, 0.717) is 6.61 Å². The van der Waals surface area contributed by atoms with E-state index in [-0.39, 0.29) is 6.04 Å². The zero-order chi connectivity index (χ0) is 15.4. The molecule has 0 aliphatic carbocycles. The highest BCUT2D eigenvalue weighted by molar-refractivity contribution is 9.10. The second-order valence-corrected chi connectivity index (χ2v) is 5.98. The van der Waals surface area contributed by atoms with E-state index in [1.807, 2.05) is 17.9 Å². The second kappa shape index (κ2) is 7.20. The summed E-state index contributed by atoms with van der Waals surface area (Å²) < 4.78 is 8.20. The number of nitrogens with one attached hydrogen (secondary N) is 1. The number of hydrogen-bond donors (Lipinski definition) is 1. The third kappa shape index (κ3) is 3.36. The molecule has 1 N–H and O–H groups in total. The van der Waals surface area contributed by atoms with Crippen molar-refractivity contribution >= 4 is 15.9 Å². The lowest BCUT2D eigenvalue weighted by Crippen LogP contribution is -2.24. The normalized spacial score (nSPS) is 12.6. The van der Waals surface area contributed by atoms with Crippen LogP contribution in [0.1, 0.15) is 28.4 Å². The quantitative estimate of drug-likeness (QED) is 0.868. The van der Waals surface area contributed by atoms with Crippen LogP contribution in [0.3, 0.4) is 0 Å². The lowest BCUT2D eigenvalue weighted by Gasteiger charge is -2.23. The Hall–Kier alpha value is -1.17. The minimum absolute atomic E-state index is 0.0972. The number of rotatable bonds is 6. The van der Waals surface area contributed by atoms with Gasteiger partial charge in [0, 0.05) is 7.11 Å². The zero-order valence-corrected chi connectivity index (χ0v) is 14.6. The van der Waals surface area contributed by atoms with Crippen LogP contribution in [0.15, 0.2) is 28.9 Å². The van der Waals surface area contributed by atoms with E-state index in [9.17, 15) is 0 Å². The minimum atomic E-state index is 0.0972. The first-order chi connectivity index (χ1) is 10.1. The van der Waals surface area contributed by atoms with Gasteiger partial charge in [-0.15, -0.1) is 0 Å². The fourth-order valence-corrected chi connectivity index (χ4v) is 3.24. The molecule has 1 heterocycles. The van der Waals surface area contributed by atoms with E-state index in [0.717, 1.165) is 16.7 Å². The number of methoxy groups -OCH3 is 1. The first-order valence-electron chi connectivity index (χ1n) is 7.03. The fourth-order valence-electron chi connectivity index (χ4n) is 2.72. The van der Waals surface area contributed by atoms with Crippen molar-refractivity contribution in [1.29, 1.82) is 0 Å². The molecule has 2 aromatic rings. The summed E-state index contributed by atoms with van der Waals surface area (Å²) in [6, 6.07) is 6.49. The highest BCUT2D eigenvalue weighted by atomic mass is 79.9. The molecule has 0 radical (unpaired) electrons. The van der Waals surface area contributed by atoms with Crippen molar-refractivity contribution in [2.24, 2.45) is 0 Å². The van der Waals surface area contributed by atoms with Gasteiger partial charge >= 0.3 is 0 Å². The van der Waals surface area contributed by atoms with Crippen molar-refractivity contribution in [2.75, 3.05) is 20.8 Å². The minimum Gasteiger partial charge on any atom is -0.383 e. The van der Waals surface area contributed by atoms with Gasteiger partial charge in [-0.3, -0.25) is 4.68 Å². The first kappa shape index (κ1) is 16.2. The van der Waals surface area contributed by atoms with Crippen molar-refractivity contribution in [3.05, 3.63) is 51.3 Å².